The monoisotopic (exact) mass is 318 g/mol. The summed E-state index contributed by atoms with van der Waals surface area (Å²) in [7, 11) is 1.69. The van der Waals surface area contributed by atoms with Gasteiger partial charge in [-0.2, -0.15) is 0 Å². The molecule has 0 N–H and O–H groups in total. The molecule has 2 aromatic rings. The second-order valence-corrected chi connectivity index (χ2v) is 5.88. The van der Waals surface area contributed by atoms with Gasteiger partial charge in [-0.1, -0.05) is 5.16 Å². The zero-order chi connectivity index (χ0) is 16.2. The van der Waals surface area contributed by atoms with Crippen LogP contribution < -0.4 is 0 Å². The topological polar surface area (TPSA) is 73.4 Å². The Bertz CT molecular complexity index is 664. The standard InChI is InChI=1S/C16H22N4O3/c1-12-10-14(18-23-12)16(21)20-6-3-4-13(11-20)15-17-5-7-19(15)8-9-22-2/h5,7,10,13H,3-4,6,8-9,11H2,1-2H3/t13-/m0/s1. The van der Waals surface area contributed by atoms with Crippen LogP contribution in [0.5, 0.6) is 0 Å². The van der Waals surface area contributed by atoms with Crippen molar-refractivity contribution in [2.24, 2.45) is 0 Å². The predicted octanol–water partition coefficient (Wildman–Crippen LogP) is 1.85. The number of carbonyl (C=O) groups excluding carboxylic acids is 1. The Labute approximate surface area is 135 Å². The maximum Gasteiger partial charge on any atom is 0.276 e. The van der Waals surface area contributed by atoms with Crippen molar-refractivity contribution in [3.8, 4) is 0 Å². The van der Waals surface area contributed by atoms with Gasteiger partial charge >= 0.3 is 0 Å². The van der Waals surface area contributed by atoms with Crippen molar-refractivity contribution in [3.05, 3.63) is 35.7 Å². The SMILES string of the molecule is COCCn1ccnc1[C@H]1CCCN(C(=O)c2cc(C)on2)C1. The number of ether oxygens (including phenoxy) is 1. The molecule has 0 unspecified atom stereocenters. The van der Waals surface area contributed by atoms with E-state index in [1.807, 2.05) is 17.3 Å². The fourth-order valence-corrected chi connectivity index (χ4v) is 3.06. The number of likely N-dealkylation sites (tertiary alicyclic amines) is 1. The molecule has 1 aliphatic rings. The number of amides is 1. The lowest BCUT2D eigenvalue weighted by Crippen LogP contribution is -2.40. The van der Waals surface area contributed by atoms with E-state index in [-0.39, 0.29) is 11.8 Å². The van der Waals surface area contributed by atoms with E-state index in [0.717, 1.165) is 31.8 Å². The maximum absolute atomic E-state index is 12.5. The minimum absolute atomic E-state index is 0.0680. The Kier molecular flexibility index (Phi) is 4.76. The van der Waals surface area contributed by atoms with Crippen LogP contribution in [0.15, 0.2) is 23.0 Å². The lowest BCUT2D eigenvalue weighted by molar-refractivity contribution is 0.0692. The summed E-state index contributed by atoms with van der Waals surface area (Å²) in [5, 5.41) is 3.83. The predicted molar refractivity (Wildman–Crippen MR) is 83.2 cm³/mol. The minimum Gasteiger partial charge on any atom is -0.383 e. The Morgan fingerprint density at radius 1 is 1.52 bits per heavy atom. The highest BCUT2D eigenvalue weighted by Crippen LogP contribution is 2.26. The van der Waals surface area contributed by atoms with Gasteiger partial charge in [0.25, 0.3) is 5.91 Å². The zero-order valence-electron chi connectivity index (χ0n) is 13.6. The molecule has 1 aliphatic heterocycles. The van der Waals surface area contributed by atoms with Crippen LogP contribution in [-0.4, -0.2) is 52.3 Å². The zero-order valence-corrected chi connectivity index (χ0v) is 13.6. The molecule has 124 valence electrons. The Morgan fingerprint density at radius 3 is 3.13 bits per heavy atom. The molecule has 0 saturated carbocycles. The van der Waals surface area contributed by atoms with E-state index in [4.69, 9.17) is 9.26 Å². The van der Waals surface area contributed by atoms with E-state index in [9.17, 15) is 4.79 Å². The molecular weight excluding hydrogens is 296 g/mol. The van der Waals surface area contributed by atoms with E-state index in [1.54, 1.807) is 20.1 Å². The molecule has 1 atom stereocenters. The average Bonchev–Trinajstić information content (AvgIpc) is 3.21. The third-order valence-corrected chi connectivity index (χ3v) is 4.20. The van der Waals surface area contributed by atoms with Crippen molar-refractivity contribution >= 4 is 5.91 Å². The maximum atomic E-state index is 12.5. The number of hydrogen-bond donors (Lipinski definition) is 0. The molecule has 7 heteroatoms. The molecule has 0 aromatic carbocycles. The highest BCUT2D eigenvalue weighted by atomic mass is 16.5. The first-order valence-electron chi connectivity index (χ1n) is 7.91. The smallest absolute Gasteiger partial charge is 0.276 e. The van der Waals surface area contributed by atoms with Gasteiger partial charge in [0, 0.05) is 51.1 Å². The van der Waals surface area contributed by atoms with Crippen molar-refractivity contribution in [3.63, 3.8) is 0 Å². The Hall–Kier alpha value is -2.15. The molecule has 0 radical (unpaired) electrons. The van der Waals surface area contributed by atoms with Crippen LogP contribution in [0, 0.1) is 6.92 Å². The van der Waals surface area contributed by atoms with E-state index >= 15 is 0 Å². The highest BCUT2D eigenvalue weighted by Gasteiger charge is 2.29. The van der Waals surface area contributed by atoms with Crippen LogP contribution in [0.4, 0.5) is 0 Å². The molecular formula is C16H22N4O3. The third-order valence-electron chi connectivity index (χ3n) is 4.20. The van der Waals surface area contributed by atoms with Crippen LogP contribution in [0.2, 0.25) is 0 Å². The number of carbonyl (C=O) groups is 1. The van der Waals surface area contributed by atoms with Crippen LogP contribution >= 0.6 is 0 Å². The van der Waals surface area contributed by atoms with Crippen molar-refractivity contribution in [2.45, 2.75) is 32.2 Å². The normalized spacial score (nSPS) is 18.3. The molecule has 0 spiro atoms. The van der Waals surface area contributed by atoms with Crippen LogP contribution in [0.3, 0.4) is 0 Å². The molecule has 3 rings (SSSR count). The average molecular weight is 318 g/mol. The summed E-state index contributed by atoms with van der Waals surface area (Å²) >= 11 is 0. The number of aromatic nitrogens is 3. The van der Waals surface area contributed by atoms with E-state index < -0.39 is 0 Å². The molecule has 0 bridgehead atoms. The Morgan fingerprint density at radius 2 is 2.39 bits per heavy atom. The molecule has 1 saturated heterocycles. The summed E-state index contributed by atoms with van der Waals surface area (Å²) < 4.78 is 12.3. The van der Waals surface area contributed by atoms with E-state index in [1.165, 1.54) is 0 Å². The first kappa shape index (κ1) is 15.7. The summed E-state index contributed by atoms with van der Waals surface area (Å²) in [6, 6.07) is 1.69. The number of aryl methyl sites for hydroxylation is 1. The van der Waals surface area contributed by atoms with Crippen molar-refractivity contribution in [1.82, 2.24) is 19.6 Å². The second kappa shape index (κ2) is 6.95. The summed E-state index contributed by atoms with van der Waals surface area (Å²) in [6.45, 7) is 4.62. The summed E-state index contributed by atoms with van der Waals surface area (Å²) in [5.74, 6) is 1.85. The van der Waals surface area contributed by atoms with Gasteiger partial charge in [-0.05, 0) is 19.8 Å². The van der Waals surface area contributed by atoms with Crippen LogP contribution in [0.1, 0.15) is 40.8 Å². The molecule has 2 aromatic heterocycles. The van der Waals surface area contributed by atoms with Gasteiger partial charge in [-0.25, -0.2) is 4.98 Å². The molecule has 7 nitrogen and oxygen atoms in total. The number of rotatable bonds is 5. The van der Waals surface area contributed by atoms with Gasteiger partial charge in [0.15, 0.2) is 5.69 Å². The Balaban J connectivity index is 1.71. The molecule has 3 heterocycles. The molecule has 1 fully saturated rings. The number of piperidine rings is 1. The highest BCUT2D eigenvalue weighted by molar-refractivity contribution is 5.92. The third kappa shape index (κ3) is 3.44. The number of methoxy groups -OCH3 is 1. The molecule has 23 heavy (non-hydrogen) atoms. The van der Waals surface area contributed by atoms with Crippen molar-refractivity contribution in [2.75, 3.05) is 26.8 Å². The largest absolute Gasteiger partial charge is 0.383 e. The van der Waals surface area contributed by atoms with Crippen LogP contribution in [-0.2, 0) is 11.3 Å². The number of imidazole rings is 1. The number of hydrogen-bond acceptors (Lipinski definition) is 5. The van der Waals surface area contributed by atoms with E-state index in [0.29, 0.717) is 24.6 Å². The minimum atomic E-state index is -0.0680. The second-order valence-electron chi connectivity index (χ2n) is 5.88. The fourth-order valence-electron chi connectivity index (χ4n) is 3.06. The first-order chi connectivity index (χ1) is 11.2. The van der Waals surface area contributed by atoms with Gasteiger partial charge in [0.1, 0.15) is 11.6 Å². The number of nitrogens with zero attached hydrogens (tertiary/aromatic N) is 4. The fraction of sp³-hybridized carbons (Fsp3) is 0.562. The van der Waals surface area contributed by atoms with Gasteiger partial charge in [-0.15, -0.1) is 0 Å². The molecule has 1 amide bonds. The first-order valence-corrected chi connectivity index (χ1v) is 7.91. The van der Waals surface area contributed by atoms with Gasteiger partial charge < -0.3 is 18.7 Å². The quantitative estimate of drug-likeness (QED) is 0.841. The van der Waals surface area contributed by atoms with Gasteiger partial charge in [0.05, 0.1) is 6.61 Å². The van der Waals surface area contributed by atoms with Gasteiger partial charge in [-0.3, -0.25) is 4.79 Å². The molecule has 0 aliphatic carbocycles. The van der Waals surface area contributed by atoms with Gasteiger partial charge in [0.2, 0.25) is 0 Å². The summed E-state index contributed by atoms with van der Waals surface area (Å²) in [4.78, 5) is 18.9. The lowest BCUT2D eigenvalue weighted by Gasteiger charge is -2.32. The summed E-state index contributed by atoms with van der Waals surface area (Å²) in [6.07, 6.45) is 5.78. The lowest BCUT2D eigenvalue weighted by atomic mass is 9.97. The van der Waals surface area contributed by atoms with Crippen molar-refractivity contribution < 1.29 is 14.1 Å². The van der Waals surface area contributed by atoms with Crippen LogP contribution in [0.25, 0.3) is 0 Å². The van der Waals surface area contributed by atoms with E-state index in [2.05, 4.69) is 14.7 Å². The van der Waals surface area contributed by atoms with Crippen molar-refractivity contribution in [1.29, 1.82) is 0 Å². The summed E-state index contributed by atoms with van der Waals surface area (Å²) in [5.41, 5.74) is 0.380.